The molecule has 2 aromatic rings. The van der Waals surface area contributed by atoms with E-state index in [-0.39, 0.29) is 5.91 Å². The first kappa shape index (κ1) is 15.2. The fourth-order valence-electron chi connectivity index (χ4n) is 2.28. The van der Waals surface area contributed by atoms with E-state index in [0.29, 0.717) is 17.4 Å². The van der Waals surface area contributed by atoms with Crippen molar-refractivity contribution in [3.05, 3.63) is 42.6 Å². The van der Waals surface area contributed by atoms with Crippen molar-refractivity contribution in [2.24, 2.45) is 0 Å². The Balaban J connectivity index is 1.56. The molecule has 1 aliphatic rings. The molecule has 1 aliphatic heterocycles. The normalized spacial score (nSPS) is 16.0. The number of anilines is 2. The first-order valence-electron chi connectivity index (χ1n) is 7.49. The van der Waals surface area contributed by atoms with E-state index in [1.807, 2.05) is 0 Å². The Kier molecular flexibility index (Phi) is 4.68. The summed E-state index contributed by atoms with van der Waals surface area (Å²) in [7, 11) is 2.10. The number of furan rings is 1. The Hall–Kier alpha value is -2.67. The van der Waals surface area contributed by atoms with Gasteiger partial charge in [-0.1, -0.05) is 0 Å². The zero-order valence-electron chi connectivity index (χ0n) is 13.0. The van der Waals surface area contributed by atoms with Crippen LogP contribution in [0.3, 0.4) is 0 Å². The van der Waals surface area contributed by atoms with Crippen LogP contribution in [0.4, 0.5) is 11.6 Å². The van der Waals surface area contributed by atoms with Crippen LogP contribution in [0.25, 0.3) is 6.08 Å². The van der Waals surface area contributed by atoms with Gasteiger partial charge < -0.3 is 19.5 Å². The molecule has 0 radical (unpaired) electrons. The second-order valence-corrected chi connectivity index (χ2v) is 5.40. The number of piperazine rings is 1. The molecule has 0 spiro atoms. The van der Waals surface area contributed by atoms with E-state index in [1.54, 1.807) is 36.9 Å². The summed E-state index contributed by atoms with van der Waals surface area (Å²) in [6.45, 7) is 3.82. The molecule has 1 N–H and O–H groups in total. The maximum absolute atomic E-state index is 11.8. The Morgan fingerprint density at radius 2 is 2.00 bits per heavy atom. The molecule has 3 heterocycles. The summed E-state index contributed by atoms with van der Waals surface area (Å²) in [5.74, 6) is 1.07. The van der Waals surface area contributed by atoms with Crippen LogP contribution in [0.15, 0.2) is 41.3 Å². The monoisotopic (exact) mass is 313 g/mol. The van der Waals surface area contributed by atoms with Crippen molar-refractivity contribution in [1.82, 2.24) is 14.9 Å². The molecule has 1 fully saturated rings. The molecule has 2 aromatic heterocycles. The van der Waals surface area contributed by atoms with Gasteiger partial charge in [0, 0.05) is 32.3 Å². The molecule has 0 aromatic carbocycles. The van der Waals surface area contributed by atoms with Crippen molar-refractivity contribution in [2.45, 2.75) is 0 Å². The van der Waals surface area contributed by atoms with Gasteiger partial charge in [0.15, 0.2) is 0 Å². The largest absolute Gasteiger partial charge is 0.465 e. The van der Waals surface area contributed by atoms with Gasteiger partial charge in [-0.3, -0.25) is 4.79 Å². The molecule has 0 atom stereocenters. The van der Waals surface area contributed by atoms with Crippen molar-refractivity contribution >= 4 is 23.6 Å². The molecule has 7 heteroatoms. The van der Waals surface area contributed by atoms with Crippen LogP contribution < -0.4 is 10.2 Å². The molecule has 1 saturated heterocycles. The van der Waals surface area contributed by atoms with Gasteiger partial charge in [0.1, 0.15) is 5.76 Å². The van der Waals surface area contributed by atoms with Gasteiger partial charge in [0.25, 0.3) is 0 Å². The SMILES string of the molecule is CN1CCN(c2ncc(NC(=O)/C=C/c3ccco3)cn2)CC1. The van der Waals surface area contributed by atoms with Gasteiger partial charge in [-0.05, 0) is 25.3 Å². The van der Waals surface area contributed by atoms with Crippen LogP contribution in [-0.4, -0.2) is 54.0 Å². The van der Waals surface area contributed by atoms with Crippen molar-refractivity contribution < 1.29 is 9.21 Å². The minimum Gasteiger partial charge on any atom is -0.465 e. The summed E-state index contributed by atoms with van der Waals surface area (Å²) in [6, 6.07) is 3.54. The maximum Gasteiger partial charge on any atom is 0.248 e. The van der Waals surface area contributed by atoms with E-state index in [9.17, 15) is 4.79 Å². The smallest absolute Gasteiger partial charge is 0.248 e. The Labute approximate surface area is 134 Å². The van der Waals surface area contributed by atoms with Crippen molar-refractivity contribution in [1.29, 1.82) is 0 Å². The third-order valence-corrected chi connectivity index (χ3v) is 3.63. The number of carbonyl (C=O) groups excluding carboxylic acids is 1. The topological polar surface area (TPSA) is 74.5 Å². The highest BCUT2D eigenvalue weighted by molar-refractivity contribution is 6.01. The van der Waals surface area contributed by atoms with Crippen LogP contribution in [0.1, 0.15) is 5.76 Å². The number of rotatable bonds is 4. The summed E-state index contributed by atoms with van der Waals surface area (Å²) in [5.41, 5.74) is 0.567. The summed E-state index contributed by atoms with van der Waals surface area (Å²) in [5, 5.41) is 2.72. The number of amides is 1. The van der Waals surface area contributed by atoms with E-state index in [4.69, 9.17) is 4.42 Å². The van der Waals surface area contributed by atoms with E-state index >= 15 is 0 Å². The first-order valence-corrected chi connectivity index (χ1v) is 7.49. The van der Waals surface area contributed by atoms with E-state index < -0.39 is 0 Å². The Morgan fingerprint density at radius 3 is 2.65 bits per heavy atom. The predicted octanol–water partition coefficient (Wildman–Crippen LogP) is 1.47. The van der Waals surface area contributed by atoms with Gasteiger partial charge >= 0.3 is 0 Å². The van der Waals surface area contributed by atoms with Gasteiger partial charge in [-0.2, -0.15) is 0 Å². The van der Waals surface area contributed by atoms with E-state index in [1.165, 1.54) is 6.08 Å². The molecule has 0 aliphatic carbocycles. The average Bonchev–Trinajstić information content (AvgIpc) is 3.08. The molecular weight excluding hydrogens is 294 g/mol. The van der Waals surface area contributed by atoms with Gasteiger partial charge in [-0.25, -0.2) is 9.97 Å². The maximum atomic E-state index is 11.8. The van der Waals surface area contributed by atoms with E-state index in [0.717, 1.165) is 26.2 Å². The third-order valence-electron chi connectivity index (χ3n) is 3.63. The van der Waals surface area contributed by atoms with Gasteiger partial charge in [0.2, 0.25) is 11.9 Å². The Bertz CT molecular complexity index is 658. The van der Waals surface area contributed by atoms with E-state index in [2.05, 4.69) is 32.1 Å². The number of carbonyl (C=O) groups is 1. The van der Waals surface area contributed by atoms with Crippen LogP contribution in [0.2, 0.25) is 0 Å². The summed E-state index contributed by atoms with van der Waals surface area (Å²) >= 11 is 0. The molecular formula is C16H19N5O2. The molecule has 3 rings (SSSR count). The molecule has 0 bridgehead atoms. The Morgan fingerprint density at radius 1 is 1.26 bits per heavy atom. The fraction of sp³-hybridized carbons (Fsp3) is 0.312. The molecule has 0 saturated carbocycles. The lowest BCUT2D eigenvalue weighted by Crippen LogP contribution is -2.45. The fourth-order valence-corrected chi connectivity index (χ4v) is 2.28. The molecule has 23 heavy (non-hydrogen) atoms. The lowest BCUT2D eigenvalue weighted by molar-refractivity contribution is -0.111. The average molecular weight is 313 g/mol. The number of nitrogens with zero attached hydrogens (tertiary/aromatic N) is 4. The zero-order chi connectivity index (χ0) is 16.1. The molecule has 120 valence electrons. The van der Waals surface area contributed by atoms with Crippen molar-refractivity contribution in [3.8, 4) is 0 Å². The van der Waals surface area contributed by atoms with Gasteiger partial charge in [0.05, 0.1) is 24.3 Å². The number of nitrogens with one attached hydrogen (secondary N) is 1. The number of likely N-dealkylation sites (N-methyl/N-ethyl adjacent to an activating group) is 1. The zero-order valence-corrected chi connectivity index (χ0v) is 13.0. The van der Waals surface area contributed by atoms with Crippen LogP contribution >= 0.6 is 0 Å². The minimum atomic E-state index is -0.252. The lowest BCUT2D eigenvalue weighted by atomic mass is 10.3. The second-order valence-electron chi connectivity index (χ2n) is 5.40. The van der Waals surface area contributed by atoms with Crippen molar-refractivity contribution in [3.63, 3.8) is 0 Å². The first-order chi connectivity index (χ1) is 11.2. The lowest BCUT2D eigenvalue weighted by Gasteiger charge is -2.32. The highest BCUT2D eigenvalue weighted by atomic mass is 16.3. The molecule has 0 unspecified atom stereocenters. The summed E-state index contributed by atoms with van der Waals surface area (Å²) in [6.07, 6.45) is 7.82. The second kappa shape index (κ2) is 7.06. The van der Waals surface area contributed by atoms with Crippen LogP contribution in [0, 0.1) is 0 Å². The summed E-state index contributed by atoms with van der Waals surface area (Å²) < 4.78 is 5.12. The number of hydrogen-bond donors (Lipinski definition) is 1. The number of hydrogen-bond acceptors (Lipinski definition) is 6. The highest BCUT2D eigenvalue weighted by Crippen LogP contribution is 2.12. The highest BCUT2D eigenvalue weighted by Gasteiger charge is 2.16. The summed E-state index contributed by atoms with van der Waals surface area (Å²) in [4.78, 5) is 24.9. The quantitative estimate of drug-likeness (QED) is 0.862. The van der Waals surface area contributed by atoms with Crippen LogP contribution in [0.5, 0.6) is 0 Å². The standard InChI is InChI=1S/C16H19N5O2/c1-20-6-8-21(9-7-20)16-17-11-13(12-18-16)19-15(22)5-4-14-3-2-10-23-14/h2-5,10-12H,6-9H2,1H3,(H,19,22)/b5-4+. The van der Waals surface area contributed by atoms with Crippen molar-refractivity contribution in [2.75, 3.05) is 43.4 Å². The molecule has 1 amide bonds. The minimum absolute atomic E-state index is 0.252. The third kappa shape index (κ3) is 4.17. The van der Waals surface area contributed by atoms with Crippen LogP contribution in [-0.2, 0) is 4.79 Å². The van der Waals surface area contributed by atoms with Gasteiger partial charge in [-0.15, -0.1) is 0 Å². The number of aromatic nitrogens is 2. The molecule has 7 nitrogen and oxygen atoms in total. The predicted molar refractivity (Wildman–Crippen MR) is 88.1 cm³/mol.